The number of hydrogen-bond donors (Lipinski definition) is 1. The van der Waals surface area contributed by atoms with Crippen molar-refractivity contribution in [1.29, 1.82) is 0 Å². The van der Waals surface area contributed by atoms with E-state index < -0.39 is 0 Å². The second-order valence-corrected chi connectivity index (χ2v) is 6.14. The standard InChI is InChI=1S/C16H22ClNO/c1-11(2)4-5-13-10-18(3)7-6-12-8-15(17)16(19)9-14(12)13/h4,8-9,13,19H,5-7,10H2,1-3H3. The molecule has 0 radical (unpaired) electrons. The molecule has 0 spiro atoms. The van der Waals surface area contributed by atoms with Gasteiger partial charge in [0.05, 0.1) is 5.02 Å². The van der Waals surface area contributed by atoms with Crippen LogP contribution in [0.3, 0.4) is 0 Å². The van der Waals surface area contributed by atoms with Crippen molar-refractivity contribution in [3.8, 4) is 5.75 Å². The number of likely N-dealkylation sites (N-methyl/N-ethyl adjacent to an activating group) is 1. The van der Waals surface area contributed by atoms with E-state index in [1.54, 1.807) is 0 Å². The second-order valence-electron chi connectivity index (χ2n) is 5.73. The van der Waals surface area contributed by atoms with E-state index in [1.165, 1.54) is 16.7 Å². The summed E-state index contributed by atoms with van der Waals surface area (Å²) in [7, 11) is 2.16. The van der Waals surface area contributed by atoms with Crippen molar-refractivity contribution >= 4 is 11.6 Å². The molecule has 2 rings (SSSR count). The molecule has 3 heteroatoms. The summed E-state index contributed by atoms with van der Waals surface area (Å²) in [4.78, 5) is 2.36. The molecule has 0 bridgehead atoms. The van der Waals surface area contributed by atoms with Crippen LogP contribution in [0.1, 0.15) is 37.3 Å². The lowest BCUT2D eigenvalue weighted by molar-refractivity contribution is 0.325. The molecule has 1 aliphatic heterocycles. The van der Waals surface area contributed by atoms with Crippen molar-refractivity contribution in [3.63, 3.8) is 0 Å². The molecule has 2 nitrogen and oxygen atoms in total. The van der Waals surface area contributed by atoms with Gasteiger partial charge in [-0.3, -0.25) is 0 Å². The van der Waals surface area contributed by atoms with Crippen molar-refractivity contribution in [1.82, 2.24) is 4.90 Å². The third kappa shape index (κ3) is 3.52. The lowest BCUT2D eigenvalue weighted by Crippen LogP contribution is -2.23. The average molecular weight is 280 g/mol. The maximum atomic E-state index is 9.87. The summed E-state index contributed by atoms with van der Waals surface area (Å²) in [6, 6.07) is 3.79. The Morgan fingerprint density at radius 2 is 2.21 bits per heavy atom. The number of allylic oxidation sites excluding steroid dienone is 2. The highest BCUT2D eigenvalue weighted by Gasteiger charge is 2.22. The lowest BCUT2D eigenvalue weighted by Gasteiger charge is -2.20. The summed E-state index contributed by atoms with van der Waals surface area (Å²) >= 11 is 6.04. The van der Waals surface area contributed by atoms with E-state index in [0.717, 1.165) is 25.9 Å². The highest BCUT2D eigenvalue weighted by atomic mass is 35.5. The zero-order chi connectivity index (χ0) is 14.0. The van der Waals surface area contributed by atoms with Crippen LogP contribution in [0.15, 0.2) is 23.8 Å². The molecule has 1 aromatic rings. The average Bonchev–Trinajstić information content (AvgIpc) is 2.48. The predicted molar refractivity (Wildman–Crippen MR) is 81.1 cm³/mol. The predicted octanol–water partition coefficient (Wildman–Crippen LogP) is 3.97. The van der Waals surface area contributed by atoms with Gasteiger partial charge < -0.3 is 10.0 Å². The summed E-state index contributed by atoms with van der Waals surface area (Å²) in [5.41, 5.74) is 3.87. The maximum Gasteiger partial charge on any atom is 0.134 e. The van der Waals surface area contributed by atoms with Crippen molar-refractivity contribution in [2.45, 2.75) is 32.6 Å². The summed E-state index contributed by atoms with van der Waals surface area (Å²) in [5.74, 6) is 0.632. The third-order valence-corrected chi connectivity index (χ3v) is 4.06. The van der Waals surface area contributed by atoms with Gasteiger partial charge in [-0.25, -0.2) is 0 Å². The van der Waals surface area contributed by atoms with Gasteiger partial charge >= 0.3 is 0 Å². The van der Waals surface area contributed by atoms with Gasteiger partial charge in [-0.1, -0.05) is 23.3 Å². The summed E-state index contributed by atoms with van der Waals surface area (Å²) in [5, 5.41) is 10.3. The molecule has 1 atom stereocenters. The summed E-state index contributed by atoms with van der Waals surface area (Å²) in [6.45, 7) is 6.32. The number of hydrogen-bond acceptors (Lipinski definition) is 2. The fourth-order valence-electron chi connectivity index (χ4n) is 2.67. The van der Waals surface area contributed by atoms with Gasteiger partial charge in [0.1, 0.15) is 5.75 Å². The molecule has 0 aromatic heterocycles. The van der Waals surface area contributed by atoms with Crippen LogP contribution in [-0.4, -0.2) is 30.1 Å². The molecule has 1 aliphatic rings. The summed E-state index contributed by atoms with van der Waals surface area (Å²) in [6.07, 6.45) is 4.29. The lowest BCUT2D eigenvalue weighted by atomic mass is 9.90. The molecule has 0 amide bonds. The molecule has 19 heavy (non-hydrogen) atoms. The van der Waals surface area contributed by atoms with E-state index in [2.05, 4.69) is 31.9 Å². The first-order valence-corrected chi connectivity index (χ1v) is 7.18. The number of aromatic hydroxyl groups is 1. The van der Waals surface area contributed by atoms with Crippen LogP contribution in [0.2, 0.25) is 5.02 Å². The van der Waals surface area contributed by atoms with Crippen molar-refractivity contribution < 1.29 is 5.11 Å². The largest absolute Gasteiger partial charge is 0.506 e. The third-order valence-electron chi connectivity index (χ3n) is 3.75. The maximum absolute atomic E-state index is 9.87. The smallest absolute Gasteiger partial charge is 0.134 e. The number of phenolic OH excluding ortho intramolecular Hbond substituents is 1. The van der Waals surface area contributed by atoms with E-state index >= 15 is 0 Å². The number of benzene rings is 1. The minimum absolute atomic E-state index is 0.201. The van der Waals surface area contributed by atoms with Crippen molar-refractivity contribution in [2.24, 2.45) is 0 Å². The molecule has 104 valence electrons. The number of rotatable bonds is 2. The Kier molecular flexibility index (Phi) is 4.54. The molecular weight excluding hydrogens is 258 g/mol. The molecular formula is C16H22ClNO. The first-order valence-electron chi connectivity index (χ1n) is 6.80. The Labute approximate surface area is 120 Å². The Bertz CT molecular complexity index is 492. The number of nitrogens with zero attached hydrogens (tertiary/aromatic N) is 1. The van der Waals surface area contributed by atoms with Crippen LogP contribution in [0.4, 0.5) is 0 Å². The monoisotopic (exact) mass is 279 g/mol. The van der Waals surface area contributed by atoms with Gasteiger partial charge in [0.15, 0.2) is 0 Å². The molecule has 0 saturated carbocycles. The van der Waals surface area contributed by atoms with Gasteiger partial charge in [-0.05, 0) is 57.0 Å². The Hall–Kier alpha value is -0.990. The first-order chi connectivity index (χ1) is 8.97. The Balaban J connectivity index is 2.37. The minimum Gasteiger partial charge on any atom is -0.506 e. The SMILES string of the molecule is CC(C)=CCC1CN(C)CCc2cc(Cl)c(O)cc21. The molecule has 1 unspecified atom stereocenters. The topological polar surface area (TPSA) is 23.5 Å². The van der Waals surface area contributed by atoms with Gasteiger partial charge in [-0.2, -0.15) is 0 Å². The number of fused-ring (bicyclic) bond motifs is 1. The van der Waals surface area contributed by atoms with Crippen LogP contribution in [0.5, 0.6) is 5.75 Å². The van der Waals surface area contributed by atoms with Crippen LogP contribution in [0, 0.1) is 0 Å². The van der Waals surface area contributed by atoms with Crippen molar-refractivity contribution in [3.05, 3.63) is 39.9 Å². The number of phenols is 1. The van der Waals surface area contributed by atoms with Crippen LogP contribution in [-0.2, 0) is 6.42 Å². The summed E-state index contributed by atoms with van der Waals surface area (Å²) < 4.78 is 0. The number of halogens is 1. The van der Waals surface area contributed by atoms with E-state index in [0.29, 0.717) is 10.9 Å². The van der Waals surface area contributed by atoms with Crippen molar-refractivity contribution in [2.75, 3.05) is 20.1 Å². The molecule has 1 heterocycles. The highest BCUT2D eigenvalue weighted by molar-refractivity contribution is 6.32. The van der Waals surface area contributed by atoms with Crippen LogP contribution < -0.4 is 0 Å². The Morgan fingerprint density at radius 1 is 1.47 bits per heavy atom. The normalized spacial score (nSPS) is 19.7. The van der Waals surface area contributed by atoms with Crippen LogP contribution in [0.25, 0.3) is 0 Å². The minimum atomic E-state index is 0.201. The zero-order valence-corrected chi connectivity index (χ0v) is 12.7. The molecule has 0 aliphatic carbocycles. The van der Waals surface area contributed by atoms with E-state index in [-0.39, 0.29) is 5.75 Å². The van der Waals surface area contributed by atoms with Gasteiger partial charge in [0, 0.05) is 19.0 Å². The quantitative estimate of drug-likeness (QED) is 0.828. The molecule has 1 N–H and O–H groups in total. The van der Waals surface area contributed by atoms with E-state index in [4.69, 9.17) is 11.6 Å². The first kappa shape index (κ1) is 14.4. The molecule has 1 aromatic carbocycles. The Morgan fingerprint density at radius 3 is 2.89 bits per heavy atom. The second kappa shape index (κ2) is 5.98. The van der Waals surface area contributed by atoms with Gasteiger partial charge in [-0.15, -0.1) is 0 Å². The highest BCUT2D eigenvalue weighted by Crippen LogP contribution is 2.35. The van der Waals surface area contributed by atoms with Gasteiger partial charge in [0.2, 0.25) is 0 Å². The molecule has 0 saturated heterocycles. The van der Waals surface area contributed by atoms with E-state index in [9.17, 15) is 5.11 Å². The zero-order valence-electron chi connectivity index (χ0n) is 11.9. The van der Waals surface area contributed by atoms with E-state index in [1.807, 2.05) is 12.1 Å². The van der Waals surface area contributed by atoms with Crippen LogP contribution >= 0.6 is 11.6 Å². The fourth-order valence-corrected chi connectivity index (χ4v) is 2.86. The van der Waals surface area contributed by atoms with Gasteiger partial charge in [0.25, 0.3) is 0 Å². The molecule has 0 fully saturated rings. The fraction of sp³-hybridized carbons (Fsp3) is 0.500.